The third kappa shape index (κ3) is 4.43. The molecule has 0 aliphatic carbocycles. The molecule has 3 nitrogen and oxygen atoms in total. The van der Waals surface area contributed by atoms with Gasteiger partial charge in [0.2, 0.25) is 0 Å². The summed E-state index contributed by atoms with van der Waals surface area (Å²) in [6.45, 7) is -3.02. The number of alkyl halides is 2. The number of nitrogens with one attached hydrogen (secondary N) is 1. The van der Waals surface area contributed by atoms with E-state index in [0.29, 0.717) is 0 Å². The molecule has 1 amide bonds. The lowest BCUT2D eigenvalue weighted by atomic mass is 10.2. The third-order valence-electron chi connectivity index (χ3n) is 2.66. The van der Waals surface area contributed by atoms with E-state index in [2.05, 4.69) is 10.1 Å². The van der Waals surface area contributed by atoms with Crippen molar-refractivity contribution >= 4 is 46.4 Å². The summed E-state index contributed by atoms with van der Waals surface area (Å²) in [7, 11) is 0. The van der Waals surface area contributed by atoms with Gasteiger partial charge in [0.05, 0.1) is 20.6 Å². The summed E-state index contributed by atoms with van der Waals surface area (Å²) in [6, 6.07) is 5.64. The molecule has 0 saturated heterocycles. The number of rotatable bonds is 4. The minimum absolute atomic E-state index is 0.0438. The zero-order chi connectivity index (χ0) is 17.1. The highest BCUT2D eigenvalue weighted by molar-refractivity contribution is 6.37. The van der Waals surface area contributed by atoms with Gasteiger partial charge in [-0.25, -0.2) is 4.39 Å². The highest BCUT2D eigenvalue weighted by atomic mass is 35.5. The number of anilines is 1. The van der Waals surface area contributed by atoms with Crippen LogP contribution in [0.25, 0.3) is 0 Å². The lowest BCUT2D eigenvalue weighted by Crippen LogP contribution is -2.13. The van der Waals surface area contributed by atoms with Crippen molar-refractivity contribution in [2.24, 2.45) is 0 Å². The van der Waals surface area contributed by atoms with Crippen molar-refractivity contribution in [2.45, 2.75) is 6.61 Å². The molecule has 0 aliphatic heterocycles. The molecule has 1 N–H and O–H groups in total. The Morgan fingerprint density at radius 3 is 2.35 bits per heavy atom. The molecule has 9 heteroatoms. The maximum atomic E-state index is 13.4. The molecular weight excluding hydrogens is 378 g/mol. The molecule has 0 radical (unpaired) electrons. The molecule has 122 valence electrons. The number of carbonyl (C=O) groups excluding carboxylic acids is 1. The van der Waals surface area contributed by atoms with Crippen LogP contribution in [0.4, 0.5) is 18.9 Å². The molecule has 0 bridgehead atoms. The van der Waals surface area contributed by atoms with Crippen molar-refractivity contribution in [3.63, 3.8) is 0 Å². The zero-order valence-corrected chi connectivity index (χ0v) is 13.3. The lowest BCUT2D eigenvalue weighted by Gasteiger charge is -2.10. The van der Waals surface area contributed by atoms with E-state index in [4.69, 9.17) is 34.8 Å². The molecule has 0 saturated carbocycles. The molecule has 2 aromatic carbocycles. The molecule has 0 fully saturated rings. The number of carbonyl (C=O) groups is 1. The summed E-state index contributed by atoms with van der Waals surface area (Å²) in [5, 5.41) is 2.02. The topological polar surface area (TPSA) is 38.3 Å². The van der Waals surface area contributed by atoms with E-state index in [1.807, 2.05) is 0 Å². The van der Waals surface area contributed by atoms with Gasteiger partial charge in [-0.05, 0) is 30.3 Å². The second-order valence-electron chi connectivity index (χ2n) is 4.22. The monoisotopic (exact) mass is 383 g/mol. The van der Waals surface area contributed by atoms with Gasteiger partial charge in [-0.3, -0.25) is 4.79 Å². The highest BCUT2D eigenvalue weighted by Gasteiger charge is 2.15. The Balaban J connectivity index is 2.21. The van der Waals surface area contributed by atoms with Crippen LogP contribution in [0.2, 0.25) is 15.1 Å². The van der Waals surface area contributed by atoms with E-state index in [-0.39, 0.29) is 32.1 Å². The summed E-state index contributed by atoms with van der Waals surface area (Å²) < 4.78 is 41.9. The molecule has 0 aliphatic rings. The average Bonchev–Trinajstić information content (AvgIpc) is 2.45. The summed E-state index contributed by atoms with van der Waals surface area (Å²) in [4.78, 5) is 12.1. The van der Waals surface area contributed by atoms with Crippen LogP contribution in [0.1, 0.15) is 10.4 Å². The van der Waals surface area contributed by atoms with Crippen LogP contribution in [0.15, 0.2) is 30.3 Å². The quantitative estimate of drug-likeness (QED) is 0.693. The van der Waals surface area contributed by atoms with Crippen LogP contribution in [0, 0.1) is 5.82 Å². The maximum absolute atomic E-state index is 13.4. The molecule has 2 aromatic rings. The molecule has 0 heterocycles. The summed E-state index contributed by atoms with van der Waals surface area (Å²) >= 11 is 17.1. The summed E-state index contributed by atoms with van der Waals surface area (Å²) in [5.74, 6) is -1.76. The first-order valence-corrected chi connectivity index (χ1v) is 7.11. The number of hydrogen-bond donors (Lipinski definition) is 1. The molecule has 0 atom stereocenters. The van der Waals surface area contributed by atoms with Crippen LogP contribution < -0.4 is 10.1 Å². The predicted molar refractivity (Wildman–Crippen MR) is 82.5 cm³/mol. The lowest BCUT2D eigenvalue weighted by molar-refractivity contribution is -0.0497. The highest BCUT2D eigenvalue weighted by Crippen LogP contribution is 2.30. The number of hydrogen-bond acceptors (Lipinski definition) is 2. The molecular formula is C14H7Cl3F3NO2. The van der Waals surface area contributed by atoms with E-state index < -0.39 is 18.3 Å². The first kappa shape index (κ1) is 17.7. The Kier molecular flexibility index (Phi) is 5.62. The van der Waals surface area contributed by atoms with Gasteiger partial charge in [0.1, 0.15) is 11.6 Å². The number of benzene rings is 2. The smallest absolute Gasteiger partial charge is 0.387 e. The standard InChI is InChI=1S/C14H7Cl3F3NO2/c15-8-5-9(16)11(18)4-7(8)13(22)21-6-1-2-12(10(17)3-6)23-14(19)20/h1-5,14H,(H,21,22). The Morgan fingerprint density at radius 2 is 1.74 bits per heavy atom. The van der Waals surface area contributed by atoms with Crippen molar-refractivity contribution in [1.29, 1.82) is 0 Å². The van der Waals surface area contributed by atoms with Crippen molar-refractivity contribution in [3.8, 4) is 5.75 Å². The largest absolute Gasteiger partial charge is 0.433 e. The van der Waals surface area contributed by atoms with E-state index >= 15 is 0 Å². The fourth-order valence-electron chi connectivity index (χ4n) is 1.67. The fourth-order valence-corrected chi connectivity index (χ4v) is 2.36. The number of halogens is 6. The second kappa shape index (κ2) is 7.29. The van der Waals surface area contributed by atoms with Gasteiger partial charge in [0, 0.05) is 5.69 Å². The zero-order valence-electron chi connectivity index (χ0n) is 11.0. The van der Waals surface area contributed by atoms with E-state index in [9.17, 15) is 18.0 Å². The SMILES string of the molecule is O=C(Nc1ccc(OC(F)F)c(Cl)c1)c1cc(F)c(Cl)cc1Cl. The normalized spacial score (nSPS) is 10.7. The third-order valence-corrected chi connectivity index (χ3v) is 3.56. The molecule has 23 heavy (non-hydrogen) atoms. The number of amides is 1. The van der Waals surface area contributed by atoms with E-state index in [1.165, 1.54) is 12.1 Å². The van der Waals surface area contributed by atoms with Gasteiger partial charge in [-0.15, -0.1) is 0 Å². The summed E-state index contributed by atoms with van der Waals surface area (Å²) in [6.07, 6.45) is 0. The van der Waals surface area contributed by atoms with Gasteiger partial charge in [0.15, 0.2) is 0 Å². The van der Waals surface area contributed by atoms with Gasteiger partial charge in [0.25, 0.3) is 5.91 Å². The van der Waals surface area contributed by atoms with Crippen LogP contribution in [0.3, 0.4) is 0 Å². The van der Waals surface area contributed by atoms with Crippen molar-refractivity contribution in [3.05, 3.63) is 56.8 Å². The van der Waals surface area contributed by atoms with Crippen LogP contribution >= 0.6 is 34.8 Å². The minimum Gasteiger partial charge on any atom is -0.433 e. The maximum Gasteiger partial charge on any atom is 0.387 e. The van der Waals surface area contributed by atoms with Crippen LogP contribution in [-0.2, 0) is 0 Å². The van der Waals surface area contributed by atoms with Crippen LogP contribution in [0.5, 0.6) is 5.75 Å². The van der Waals surface area contributed by atoms with Crippen molar-refractivity contribution in [2.75, 3.05) is 5.32 Å². The fraction of sp³-hybridized carbons (Fsp3) is 0.0714. The van der Waals surface area contributed by atoms with Crippen molar-refractivity contribution < 1.29 is 22.7 Å². The van der Waals surface area contributed by atoms with E-state index in [1.54, 1.807) is 0 Å². The first-order chi connectivity index (χ1) is 10.8. The molecule has 2 rings (SSSR count). The minimum atomic E-state index is -3.02. The van der Waals surface area contributed by atoms with E-state index in [0.717, 1.165) is 18.2 Å². The Hall–Kier alpha value is -1.63. The summed E-state index contributed by atoms with van der Waals surface area (Å²) in [5.41, 5.74) is 0.0469. The van der Waals surface area contributed by atoms with Crippen LogP contribution in [-0.4, -0.2) is 12.5 Å². The molecule has 0 spiro atoms. The second-order valence-corrected chi connectivity index (χ2v) is 5.45. The first-order valence-electron chi connectivity index (χ1n) is 5.98. The molecule has 0 aromatic heterocycles. The molecule has 0 unspecified atom stereocenters. The Morgan fingerprint density at radius 1 is 1.04 bits per heavy atom. The van der Waals surface area contributed by atoms with Gasteiger partial charge in [-0.1, -0.05) is 34.8 Å². The Bertz CT molecular complexity index is 756. The van der Waals surface area contributed by atoms with Gasteiger partial charge < -0.3 is 10.1 Å². The van der Waals surface area contributed by atoms with Crippen molar-refractivity contribution in [1.82, 2.24) is 0 Å². The average molecular weight is 385 g/mol. The number of ether oxygens (including phenoxy) is 1. The Labute approximate surface area is 143 Å². The van der Waals surface area contributed by atoms with Gasteiger partial charge in [-0.2, -0.15) is 8.78 Å². The van der Waals surface area contributed by atoms with Gasteiger partial charge >= 0.3 is 6.61 Å². The predicted octanol–water partition coefficient (Wildman–Crippen LogP) is 5.64.